The van der Waals surface area contributed by atoms with Gasteiger partial charge in [-0.25, -0.2) is 0 Å². The highest BCUT2D eigenvalue weighted by atomic mass is 79.9. The summed E-state index contributed by atoms with van der Waals surface area (Å²) in [5, 5.41) is 1.89. The van der Waals surface area contributed by atoms with Crippen LogP contribution in [0.15, 0.2) is 7.57 Å². The number of hydrogen-bond acceptors (Lipinski definition) is 4. The molecule has 1 aliphatic heterocycles. The molecule has 0 radical (unpaired) electrons. The Balaban J connectivity index is 1.80. The number of imide groups is 1. The zero-order chi connectivity index (χ0) is 15.9. The summed E-state index contributed by atoms with van der Waals surface area (Å²) < 4.78 is 2.86. The van der Waals surface area contributed by atoms with E-state index in [1.54, 1.807) is 11.3 Å². The van der Waals surface area contributed by atoms with Crippen LogP contribution in [0.2, 0.25) is 0 Å². The fourth-order valence-electron chi connectivity index (χ4n) is 2.56. The standard InChI is InChI=1S/C14H12Br3NO2S2/c15-5-3-1-2-4-6-18-13(19)8-7-9(12(17)22-11(7)16)21-10(8)14(18)20/h1-6H2. The summed E-state index contributed by atoms with van der Waals surface area (Å²) in [4.78, 5) is 27.1. The molecule has 2 amide bonds. The molecule has 1 aliphatic rings. The summed E-state index contributed by atoms with van der Waals surface area (Å²) >= 11 is 13.4. The summed E-state index contributed by atoms with van der Waals surface area (Å²) in [7, 11) is 0. The first-order valence-electron chi connectivity index (χ1n) is 6.88. The normalized spacial score (nSPS) is 14.4. The molecule has 0 unspecified atom stereocenters. The van der Waals surface area contributed by atoms with E-state index >= 15 is 0 Å². The molecule has 8 heteroatoms. The minimum absolute atomic E-state index is 0.134. The third kappa shape index (κ3) is 2.85. The zero-order valence-corrected chi connectivity index (χ0v) is 17.8. The molecule has 0 saturated carbocycles. The molecule has 3 nitrogen and oxygen atoms in total. The van der Waals surface area contributed by atoms with Crippen LogP contribution < -0.4 is 0 Å². The lowest BCUT2D eigenvalue weighted by Crippen LogP contribution is -2.30. The van der Waals surface area contributed by atoms with Gasteiger partial charge >= 0.3 is 0 Å². The predicted molar refractivity (Wildman–Crippen MR) is 103 cm³/mol. The van der Waals surface area contributed by atoms with Gasteiger partial charge in [-0.3, -0.25) is 14.5 Å². The second-order valence-electron chi connectivity index (χ2n) is 5.02. The van der Waals surface area contributed by atoms with Crippen molar-refractivity contribution in [1.82, 2.24) is 4.90 Å². The summed E-state index contributed by atoms with van der Waals surface area (Å²) in [5.41, 5.74) is 0.583. The van der Waals surface area contributed by atoms with Crippen LogP contribution in [0.1, 0.15) is 45.7 Å². The lowest BCUT2D eigenvalue weighted by Gasteiger charge is -2.13. The first-order valence-corrected chi connectivity index (χ1v) is 11.2. The number of thiophene rings is 2. The van der Waals surface area contributed by atoms with Crippen LogP contribution in [0.25, 0.3) is 10.1 Å². The number of unbranched alkanes of at least 4 members (excludes halogenated alkanes) is 3. The average Bonchev–Trinajstić information content (AvgIpc) is 3.07. The predicted octanol–water partition coefficient (Wildman–Crippen LogP) is 6.04. The highest BCUT2D eigenvalue weighted by molar-refractivity contribution is 9.12. The molecule has 118 valence electrons. The SMILES string of the molecule is O=C1c2sc3c(Br)sc(Br)c3c2C(=O)N1CCCCCCBr. The maximum absolute atomic E-state index is 12.6. The van der Waals surface area contributed by atoms with E-state index in [0.29, 0.717) is 17.0 Å². The van der Waals surface area contributed by atoms with Gasteiger partial charge in [0, 0.05) is 17.3 Å². The fourth-order valence-corrected chi connectivity index (χ4v) is 7.60. The lowest BCUT2D eigenvalue weighted by atomic mass is 10.2. The fraction of sp³-hybridized carbons (Fsp3) is 0.429. The molecule has 0 spiro atoms. The molecule has 22 heavy (non-hydrogen) atoms. The Morgan fingerprint density at radius 3 is 2.36 bits per heavy atom. The Morgan fingerprint density at radius 1 is 0.909 bits per heavy atom. The van der Waals surface area contributed by atoms with Crippen LogP contribution >= 0.6 is 70.5 Å². The van der Waals surface area contributed by atoms with Gasteiger partial charge in [-0.1, -0.05) is 28.8 Å². The topological polar surface area (TPSA) is 37.4 Å². The van der Waals surface area contributed by atoms with Crippen molar-refractivity contribution >= 4 is 92.4 Å². The van der Waals surface area contributed by atoms with E-state index in [1.807, 2.05) is 0 Å². The molecule has 0 saturated heterocycles. The van der Waals surface area contributed by atoms with Crippen LogP contribution in [-0.2, 0) is 0 Å². The smallest absolute Gasteiger partial charge is 0.271 e. The number of carbonyl (C=O) groups excluding carboxylic acids is 2. The number of fused-ring (bicyclic) bond motifs is 3. The number of carbonyl (C=O) groups is 2. The first-order chi connectivity index (χ1) is 10.6. The van der Waals surface area contributed by atoms with E-state index in [4.69, 9.17) is 0 Å². The zero-order valence-electron chi connectivity index (χ0n) is 11.5. The largest absolute Gasteiger partial charge is 0.274 e. The molecule has 0 fully saturated rings. The summed E-state index contributed by atoms with van der Waals surface area (Å²) in [6.45, 7) is 0.520. The number of amides is 2. The van der Waals surface area contributed by atoms with Gasteiger partial charge in [0.25, 0.3) is 11.8 Å². The molecule has 0 N–H and O–H groups in total. The van der Waals surface area contributed by atoms with Crippen molar-refractivity contribution in [2.24, 2.45) is 0 Å². The minimum atomic E-state index is -0.141. The summed E-state index contributed by atoms with van der Waals surface area (Å²) in [6, 6.07) is 0. The molecule has 3 heterocycles. The molecular weight excluding hydrogens is 518 g/mol. The van der Waals surface area contributed by atoms with Gasteiger partial charge in [0.2, 0.25) is 0 Å². The Bertz CT molecular complexity index is 753. The van der Waals surface area contributed by atoms with Crippen LogP contribution in [-0.4, -0.2) is 28.6 Å². The van der Waals surface area contributed by atoms with Gasteiger partial charge in [-0.2, -0.15) is 0 Å². The Hall–Kier alpha value is 0.240. The Morgan fingerprint density at radius 2 is 1.64 bits per heavy atom. The molecule has 0 atom stereocenters. The minimum Gasteiger partial charge on any atom is -0.274 e. The molecule has 0 aromatic carbocycles. The molecular formula is C14H12Br3NO2S2. The van der Waals surface area contributed by atoms with Crippen molar-refractivity contribution in [3.05, 3.63) is 18.0 Å². The molecule has 2 aromatic rings. The third-order valence-electron chi connectivity index (χ3n) is 3.63. The van der Waals surface area contributed by atoms with Crippen molar-refractivity contribution in [1.29, 1.82) is 0 Å². The Kier molecular flexibility index (Phi) is 5.44. The average molecular weight is 530 g/mol. The van der Waals surface area contributed by atoms with Crippen LogP contribution in [0.3, 0.4) is 0 Å². The Labute approximate surface area is 161 Å². The quantitative estimate of drug-likeness (QED) is 0.260. The van der Waals surface area contributed by atoms with Gasteiger partial charge < -0.3 is 0 Å². The monoisotopic (exact) mass is 527 g/mol. The summed E-state index contributed by atoms with van der Waals surface area (Å²) in [5.74, 6) is -0.275. The highest BCUT2D eigenvalue weighted by Gasteiger charge is 2.40. The van der Waals surface area contributed by atoms with Crippen LogP contribution in [0.4, 0.5) is 0 Å². The highest BCUT2D eigenvalue weighted by Crippen LogP contribution is 2.48. The second-order valence-corrected chi connectivity index (χ2v) is 10.5. The van der Waals surface area contributed by atoms with E-state index in [1.165, 1.54) is 16.2 Å². The van der Waals surface area contributed by atoms with Crippen molar-refractivity contribution in [3.63, 3.8) is 0 Å². The number of hydrogen-bond donors (Lipinski definition) is 0. The van der Waals surface area contributed by atoms with Gasteiger partial charge in [0.1, 0.15) is 4.88 Å². The summed E-state index contributed by atoms with van der Waals surface area (Å²) in [6.07, 6.45) is 4.17. The lowest BCUT2D eigenvalue weighted by molar-refractivity contribution is 0.0653. The van der Waals surface area contributed by atoms with Gasteiger partial charge in [0.15, 0.2) is 0 Å². The van der Waals surface area contributed by atoms with Gasteiger partial charge in [-0.15, -0.1) is 22.7 Å². The number of halogens is 3. The third-order valence-corrected chi connectivity index (χ3v) is 8.30. The molecule has 3 rings (SSSR count). The molecule has 0 bridgehead atoms. The number of rotatable bonds is 6. The second kappa shape index (κ2) is 7.01. The maximum atomic E-state index is 12.6. The molecule has 2 aromatic heterocycles. The number of alkyl halides is 1. The van der Waals surface area contributed by atoms with E-state index in [0.717, 1.165) is 48.7 Å². The van der Waals surface area contributed by atoms with Crippen molar-refractivity contribution < 1.29 is 9.59 Å². The van der Waals surface area contributed by atoms with Crippen LogP contribution in [0.5, 0.6) is 0 Å². The van der Waals surface area contributed by atoms with Crippen molar-refractivity contribution in [2.45, 2.75) is 25.7 Å². The maximum Gasteiger partial charge on any atom is 0.271 e. The molecule has 0 aliphatic carbocycles. The van der Waals surface area contributed by atoms with E-state index in [9.17, 15) is 9.59 Å². The van der Waals surface area contributed by atoms with Gasteiger partial charge in [-0.05, 0) is 44.7 Å². The van der Waals surface area contributed by atoms with Crippen LogP contribution in [0, 0.1) is 0 Å². The van der Waals surface area contributed by atoms with E-state index < -0.39 is 0 Å². The number of nitrogens with zero attached hydrogens (tertiary/aromatic N) is 1. The van der Waals surface area contributed by atoms with Crippen molar-refractivity contribution in [3.8, 4) is 0 Å². The first kappa shape index (κ1) is 17.1. The van der Waals surface area contributed by atoms with Gasteiger partial charge in [0.05, 0.1) is 17.8 Å². The van der Waals surface area contributed by atoms with E-state index in [2.05, 4.69) is 47.8 Å². The van der Waals surface area contributed by atoms with E-state index in [-0.39, 0.29) is 11.8 Å². The van der Waals surface area contributed by atoms with Crippen molar-refractivity contribution in [2.75, 3.05) is 11.9 Å².